The van der Waals surface area contributed by atoms with Gasteiger partial charge in [0.05, 0.1) is 31.2 Å². The first-order valence-electron chi connectivity index (χ1n) is 32.5. The maximum atomic E-state index is 13.9. The monoisotopic (exact) mass is 1360 g/mol. The molecule has 0 bridgehead atoms. The minimum Gasteiger partial charge on any atom is -0.481 e. The lowest BCUT2D eigenvalue weighted by Crippen LogP contribution is -2.53. The number of hydrogen-bond acceptors (Lipinski definition) is 18. The number of hydrogen-bond donors (Lipinski definition) is 12. The van der Waals surface area contributed by atoms with Crippen molar-refractivity contribution in [1.29, 1.82) is 0 Å². The Morgan fingerprint density at radius 2 is 0.989 bits per heavy atom. The lowest BCUT2D eigenvalue weighted by Gasteiger charge is -2.37. The highest BCUT2D eigenvalue weighted by atomic mass is 32.1. The van der Waals surface area contributed by atoms with Crippen LogP contribution < -0.4 is 26.6 Å². The second-order valence-corrected chi connectivity index (χ2v) is 24.3. The van der Waals surface area contributed by atoms with Crippen LogP contribution in [0.5, 0.6) is 0 Å². The Kier molecular flexibility index (Phi) is 39.9. The third-order valence-corrected chi connectivity index (χ3v) is 16.2. The number of urea groups is 1. The molecule has 3 rings (SSSR count). The van der Waals surface area contributed by atoms with E-state index in [4.69, 9.17) is 22.1 Å². The zero-order chi connectivity index (χ0) is 69.9. The molecule has 1 unspecified atom stereocenters. The van der Waals surface area contributed by atoms with Gasteiger partial charge in [0.1, 0.15) is 30.3 Å². The lowest BCUT2D eigenvalue weighted by atomic mass is 9.92. The van der Waals surface area contributed by atoms with Gasteiger partial charge in [-0.15, -0.1) is 0 Å². The molecule has 0 spiro atoms. The molecule has 1 heterocycles. The van der Waals surface area contributed by atoms with Crippen LogP contribution in [0.2, 0.25) is 0 Å². The van der Waals surface area contributed by atoms with E-state index in [0.29, 0.717) is 69.3 Å². The van der Waals surface area contributed by atoms with Crippen LogP contribution in [0.15, 0.2) is 54.6 Å². The van der Waals surface area contributed by atoms with Crippen molar-refractivity contribution >= 4 is 88.6 Å². The van der Waals surface area contributed by atoms with Crippen molar-refractivity contribution in [3.8, 4) is 0 Å². The molecule has 1 saturated heterocycles. The average Bonchev–Trinajstić information content (AvgIpc) is 0.977. The standard InChI is InChI=1S/C65H97N9O20S/c75-51(26-27-54(63(90)91)70-64(92)67-30-14-21-56(77)78)18-8-3-1-2-4-9-19-52(76)39-49(61(87)69-53(62(88)89)20-11-13-29-68-65(93)94-45-48-15-6-5-7-16-48)17-10-12-28-66-55(95)38-47-24-22-46(23-25-47)37-50-40-73(43-59(83)84)34-33-71(41-57(79)80)31-32-72(42-58(81)82)35-36-74(50)44-60(85)86/h5-7,15-16,22-25,49-50,53-54H,1-4,8-14,17-21,26-45H2,(H,66,95)(H,68,93)(H,69,87)(H,77,78)(H,79,80)(H,81,82)(H,83,84)(H,85,86)(H,88,89)(H,90,91)(H2,67,70,92)/t49-,50?,53+,54+/m1/s1. The Morgan fingerprint density at radius 1 is 0.474 bits per heavy atom. The molecule has 1 fully saturated rings. The Hall–Kier alpha value is -8.19. The number of carboxylic acids is 7. The van der Waals surface area contributed by atoms with Crippen molar-refractivity contribution in [1.82, 2.24) is 46.2 Å². The third kappa shape index (κ3) is 38.7. The molecule has 528 valence electrons. The fourth-order valence-corrected chi connectivity index (χ4v) is 11.1. The molecule has 4 atom stereocenters. The number of nitrogens with zero attached hydrogens (tertiary/aromatic N) is 4. The third-order valence-electron chi connectivity index (χ3n) is 15.9. The van der Waals surface area contributed by atoms with Gasteiger partial charge in [0, 0.05) is 116 Å². The molecule has 0 aromatic heterocycles. The van der Waals surface area contributed by atoms with E-state index in [2.05, 4.69) is 26.6 Å². The molecule has 4 amide bonds. The Labute approximate surface area is 559 Å². The summed E-state index contributed by atoms with van der Waals surface area (Å²) in [6, 6.07) is 12.7. The van der Waals surface area contributed by atoms with Crippen molar-refractivity contribution < 1.29 is 98.0 Å². The van der Waals surface area contributed by atoms with Crippen molar-refractivity contribution in [3.63, 3.8) is 0 Å². The molecule has 1 aliphatic heterocycles. The molecule has 0 radical (unpaired) electrons. The quantitative estimate of drug-likeness (QED) is 0.0327. The van der Waals surface area contributed by atoms with Crippen LogP contribution in [0, 0.1) is 5.92 Å². The number of thiocarbonyl (C=S) groups is 1. The van der Waals surface area contributed by atoms with E-state index in [1.54, 1.807) is 19.6 Å². The molecular formula is C65H97N9O20S. The van der Waals surface area contributed by atoms with Gasteiger partial charge < -0.3 is 67.1 Å². The predicted molar refractivity (Wildman–Crippen MR) is 351 cm³/mol. The number of rotatable bonds is 47. The Morgan fingerprint density at radius 3 is 1.58 bits per heavy atom. The van der Waals surface area contributed by atoms with Crippen LogP contribution in [-0.2, 0) is 72.1 Å². The largest absolute Gasteiger partial charge is 0.481 e. The average molecular weight is 1360 g/mol. The summed E-state index contributed by atoms with van der Waals surface area (Å²) in [6.45, 7) is 0.388. The number of unbranched alkanes of at least 4 members (excludes halogenated alkanes) is 7. The number of aliphatic carboxylic acids is 7. The van der Waals surface area contributed by atoms with Crippen LogP contribution >= 0.6 is 12.2 Å². The summed E-state index contributed by atoms with van der Waals surface area (Å²) in [5.41, 5.74) is 2.47. The number of amides is 4. The maximum absolute atomic E-state index is 13.9. The highest BCUT2D eigenvalue weighted by Crippen LogP contribution is 2.20. The fourth-order valence-electron chi connectivity index (χ4n) is 10.8. The fraction of sp³-hybridized carbons (Fsp3) is 0.615. The lowest BCUT2D eigenvalue weighted by molar-refractivity contribution is -0.143. The minimum absolute atomic E-state index is 0.0418. The molecule has 95 heavy (non-hydrogen) atoms. The second-order valence-electron chi connectivity index (χ2n) is 23.8. The first kappa shape index (κ1) is 81.0. The molecule has 2 aromatic rings. The molecule has 2 aromatic carbocycles. The number of benzene rings is 2. The molecule has 12 N–H and O–H groups in total. The van der Waals surface area contributed by atoms with Gasteiger partial charge in [-0.05, 0) is 80.9 Å². The van der Waals surface area contributed by atoms with Crippen molar-refractivity contribution in [2.45, 2.75) is 160 Å². The summed E-state index contributed by atoms with van der Waals surface area (Å²) in [5.74, 6) is -9.71. The summed E-state index contributed by atoms with van der Waals surface area (Å²) in [5, 5.41) is 80.6. The summed E-state index contributed by atoms with van der Waals surface area (Å²) >= 11 is 5.70. The van der Waals surface area contributed by atoms with E-state index in [0.717, 1.165) is 36.0 Å². The topological polar surface area (TPSA) is 429 Å². The number of carboxylic acid groups (broad SMARTS) is 7. The number of alkyl carbamates (subject to hydrolysis) is 1. The number of ketones is 2. The number of Topliss-reactive ketones (excluding diaryl/α,β-unsaturated/α-hetero) is 2. The number of carbonyl (C=O) groups is 12. The van der Waals surface area contributed by atoms with Gasteiger partial charge in [-0.25, -0.2) is 19.2 Å². The van der Waals surface area contributed by atoms with Crippen molar-refractivity contribution in [2.24, 2.45) is 5.92 Å². The van der Waals surface area contributed by atoms with E-state index in [1.165, 1.54) is 0 Å². The van der Waals surface area contributed by atoms with E-state index < -0.39 is 90.4 Å². The minimum atomic E-state index is -1.30. The zero-order valence-electron chi connectivity index (χ0n) is 54.1. The smallest absolute Gasteiger partial charge is 0.407 e. The van der Waals surface area contributed by atoms with Crippen molar-refractivity contribution in [2.75, 3.05) is 91.6 Å². The van der Waals surface area contributed by atoms with Gasteiger partial charge in [-0.2, -0.15) is 0 Å². The highest BCUT2D eigenvalue weighted by Gasteiger charge is 2.30. The first-order chi connectivity index (χ1) is 45.3. The van der Waals surface area contributed by atoms with Gasteiger partial charge in [-0.3, -0.25) is 58.0 Å². The second kappa shape index (κ2) is 46.8. The Balaban J connectivity index is 1.57. The number of carbonyl (C=O) groups excluding carboxylic acids is 5. The molecule has 0 saturated carbocycles. The van der Waals surface area contributed by atoms with Crippen LogP contribution in [0.25, 0.3) is 0 Å². The number of ether oxygens (including phenoxy) is 1. The zero-order valence-corrected chi connectivity index (χ0v) is 54.9. The van der Waals surface area contributed by atoms with Gasteiger partial charge in [0.2, 0.25) is 5.91 Å². The Bertz CT molecular complexity index is 2780. The van der Waals surface area contributed by atoms with Crippen LogP contribution in [0.4, 0.5) is 9.59 Å². The molecule has 1 aliphatic rings. The summed E-state index contributed by atoms with van der Waals surface area (Å²) in [6.07, 6.45) is 6.40. The summed E-state index contributed by atoms with van der Waals surface area (Å²) in [7, 11) is 0. The molecule has 29 nitrogen and oxygen atoms in total. The molecule has 30 heteroatoms. The first-order valence-corrected chi connectivity index (χ1v) is 32.9. The summed E-state index contributed by atoms with van der Waals surface area (Å²) < 4.78 is 5.23. The predicted octanol–water partition coefficient (Wildman–Crippen LogP) is 4.12. The van der Waals surface area contributed by atoms with Gasteiger partial charge in [0.25, 0.3) is 0 Å². The van der Waals surface area contributed by atoms with Gasteiger partial charge >= 0.3 is 53.9 Å². The van der Waals surface area contributed by atoms with E-state index in [9.17, 15) is 88.2 Å². The van der Waals surface area contributed by atoms with E-state index in [-0.39, 0.29) is 154 Å². The normalized spacial score (nSPS) is 15.3. The SMILES string of the molecule is O=C(O)CCCNC(=O)N[C@@H](CCC(=O)CCCCCCCCC(=O)C[C@@H](CCCCNC(=S)Cc1ccc(CC2CN(CC(=O)O)CCN(CC(=O)O)CCN(CC(=O)O)CCN2CC(=O)O)cc1)C(=O)N[C@@H](CCCCNC(=O)OCc1ccccc1)C(=O)O)C(=O)O. The molecule has 0 aliphatic carbocycles. The van der Waals surface area contributed by atoms with Crippen molar-refractivity contribution in [3.05, 3.63) is 71.3 Å². The maximum Gasteiger partial charge on any atom is 0.407 e. The van der Waals surface area contributed by atoms with Crippen LogP contribution in [0.1, 0.15) is 139 Å². The van der Waals surface area contributed by atoms with E-state index >= 15 is 0 Å². The molecular weight excluding hydrogens is 1260 g/mol. The van der Waals surface area contributed by atoms with Crippen LogP contribution in [0.3, 0.4) is 0 Å². The van der Waals surface area contributed by atoms with Crippen LogP contribution in [-0.4, -0.2) is 241 Å². The van der Waals surface area contributed by atoms with Gasteiger partial charge in [0.15, 0.2) is 0 Å². The summed E-state index contributed by atoms with van der Waals surface area (Å²) in [4.78, 5) is 154. The number of nitrogens with one attached hydrogen (secondary N) is 5. The van der Waals surface area contributed by atoms with E-state index in [1.807, 2.05) is 54.6 Å². The highest BCUT2D eigenvalue weighted by molar-refractivity contribution is 7.80. The van der Waals surface area contributed by atoms with Gasteiger partial charge in [-0.1, -0.05) is 98.9 Å².